The average Bonchev–Trinajstić information content (AvgIpc) is 2.50. The van der Waals surface area contributed by atoms with E-state index < -0.39 is 5.97 Å². The SMILES string of the molecule is CC1(C)Cc2c(ccc3ccccc23)C(=NCCCC(=O)O)N1. The van der Waals surface area contributed by atoms with Crippen molar-refractivity contribution in [2.75, 3.05) is 6.54 Å². The van der Waals surface area contributed by atoms with Crippen LogP contribution in [-0.4, -0.2) is 29.0 Å². The topological polar surface area (TPSA) is 61.7 Å². The summed E-state index contributed by atoms with van der Waals surface area (Å²) in [5, 5.41) is 14.8. The van der Waals surface area contributed by atoms with Gasteiger partial charge in [-0.1, -0.05) is 36.4 Å². The lowest BCUT2D eigenvalue weighted by Crippen LogP contribution is -2.49. The van der Waals surface area contributed by atoms with Gasteiger partial charge in [0.25, 0.3) is 0 Å². The van der Waals surface area contributed by atoms with E-state index in [1.54, 1.807) is 0 Å². The predicted octanol–water partition coefficient (Wildman–Crippen LogP) is 3.38. The smallest absolute Gasteiger partial charge is 0.303 e. The quantitative estimate of drug-likeness (QED) is 0.851. The summed E-state index contributed by atoms with van der Waals surface area (Å²) in [6.45, 7) is 4.87. The van der Waals surface area contributed by atoms with Crippen molar-refractivity contribution in [3.8, 4) is 0 Å². The Morgan fingerprint density at radius 1 is 1.26 bits per heavy atom. The Kier molecular flexibility index (Phi) is 4.07. The van der Waals surface area contributed by atoms with Gasteiger partial charge < -0.3 is 10.4 Å². The molecule has 0 aliphatic carbocycles. The van der Waals surface area contributed by atoms with E-state index in [0.29, 0.717) is 13.0 Å². The zero-order chi connectivity index (χ0) is 16.4. The van der Waals surface area contributed by atoms with E-state index in [9.17, 15) is 4.79 Å². The summed E-state index contributed by atoms with van der Waals surface area (Å²) in [5.41, 5.74) is 2.39. The second kappa shape index (κ2) is 6.03. The lowest BCUT2D eigenvalue weighted by Gasteiger charge is -2.35. The molecule has 2 N–H and O–H groups in total. The molecule has 0 aromatic heterocycles. The average molecular weight is 310 g/mol. The summed E-state index contributed by atoms with van der Waals surface area (Å²) >= 11 is 0. The number of rotatable bonds is 4. The van der Waals surface area contributed by atoms with Crippen molar-refractivity contribution in [3.05, 3.63) is 47.5 Å². The minimum absolute atomic E-state index is 0.0667. The van der Waals surface area contributed by atoms with Crippen LogP contribution in [0.3, 0.4) is 0 Å². The van der Waals surface area contributed by atoms with Crippen LogP contribution in [-0.2, 0) is 11.2 Å². The number of carbonyl (C=O) groups is 1. The first-order valence-corrected chi connectivity index (χ1v) is 8.02. The van der Waals surface area contributed by atoms with Crippen molar-refractivity contribution in [1.82, 2.24) is 5.32 Å². The number of amidine groups is 1. The number of benzene rings is 2. The fourth-order valence-electron chi connectivity index (χ4n) is 3.17. The van der Waals surface area contributed by atoms with Gasteiger partial charge in [-0.25, -0.2) is 0 Å². The molecule has 4 heteroatoms. The van der Waals surface area contributed by atoms with Crippen LogP contribution >= 0.6 is 0 Å². The minimum atomic E-state index is -0.770. The van der Waals surface area contributed by atoms with Crippen LogP contribution in [0.2, 0.25) is 0 Å². The maximum atomic E-state index is 10.6. The fraction of sp³-hybridized carbons (Fsp3) is 0.368. The highest BCUT2D eigenvalue weighted by atomic mass is 16.4. The molecular formula is C19H22N2O2. The Hall–Kier alpha value is -2.36. The highest BCUT2D eigenvalue weighted by Gasteiger charge is 2.29. The normalized spacial score (nSPS) is 17.7. The van der Waals surface area contributed by atoms with E-state index in [0.717, 1.165) is 17.8 Å². The number of aliphatic imine (C=N–C) groups is 1. The summed E-state index contributed by atoms with van der Waals surface area (Å²) in [6.07, 6.45) is 1.66. The molecule has 0 amide bonds. The van der Waals surface area contributed by atoms with E-state index in [4.69, 9.17) is 5.11 Å². The highest BCUT2D eigenvalue weighted by molar-refractivity contribution is 6.06. The van der Waals surface area contributed by atoms with Crippen molar-refractivity contribution >= 4 is 22.6 Å². The van der Waals surface area contributed by atoms with Gasteiger partial charge in [-0.2, -0.15) is 0 Å². The minimum Gasteiger partial charge on any atom is -0.481 e. The van der Waals surface area contributed by atoms with Crippen molar-refractivity contribution in [2.45, 2.75) is 38.6 Å². The molecule has 0 fully saturated rings. The van der Waals surface area contributed by atoms with Gasteiger partial charge in [-0.15, -0.1) is 0 Å². The fourth-order valence-corrected chi connectivity index (χ4v) is 3.17. The summed E-state index contributed by atoms with van der Waals surface area (Å²) < 4.78 is 0. The Balaban J connectivity index is 1.99. The Morgan fingerprint density at radius 2 is 2.04 bits per heavy atom. The van der Waals surface area contributed by atoms with E-state index in [1.165, 1.54) is 16.3 Å². The van der Waals surface area contributed by atoms with Crippen molar-refractivity contribution in [1.29, 1.82) is 0 Å². The standard InChI is InChI=1S/C19H22N2O2/c1-19(2)12-16-14-7-4-3-6-13(14)9-10-15(16)18(21-19)20-11-5-8-17(22)23/h3-4,6-7,9-10H,5,8,11-12H2,1-2H3,(H,20,21)(H,22,23). The predicted molar refractivity (Wildman–Crippen MR) is 93.1 cm³/mol. The zero-order valence-corrected chi connectivity index (χ0v) is 13.6. The summed E-state index contributed by atoms with van der Waals surface area (Å²) in [5.74, 6) is 0.112. The number of aliphatic carboxylic acids is 1. The van der Waals surface area contributed by atoms with E-state index in [-0.39, 0.29) is 12.0 Å². The van der Waals surface area contributed by atoms with Gasteiger partial charge in [0.1, 0.15) is 5.84 Å². The third kappa shape index (κ3) is 3.36. The van der Waals surface area contributed by atoms with Crippen LogP contribution in [0.4, 0.5) is 0 Å². The molecule has 0 saturated carbocycles. The molecule has 23 heavy (non-hydrogen) atoms. The van der Waals surface area contributed by atoms with Crippen molar-refractivity contribution in [3.63, 3.8) is 0 Å². The van der Waals surface area contributed by atoms with Crippen LogP contribution in [0.5, 0.6) is 0 Å². The third-order valence-electron chi connectivity index (χ3n) is 4.19. The molecule has 1 heterocycles. The zero-order valence-electron chi connectivity index (χ0n) is 13.6. The third-order valence-corrected chi connectivity index (χ3v) is 4.19. The van der Waals surface area contributed by atoms with Crippen LogP contribution in [0, 0.1) is 0 Å². The largest absolute Gasteiger partial charge is 0.481 e. The lowest BCUT2D eigenvalue weighted by molar-refractivity contribution is -0.137. The maximum Gasteiger partial charge on any atom is 0.303 e. The molecule has 120 valence electrons. The molecule has 1 aliphatic heterocycles. The first-order valence-electron chi connectivity index (χ1n) is 8.02. The number of fused-ring (bicyclic) bond motifs is 3. The second-order valence-electron chi connectivity index (χ2n) is 6.73. The molecule has 0 saturated heterocycles. The van der Waals surface area contributed by atoms with E-state index in [1.807, 2.05) is 0 Å². The summed E-state index contributed by atoms with van der Waals surface area (Å²) in [6, 6.07) is 12.7. The van der Waals surface area contributed by atoms with Crippen molar-refractivity contribution < 1.29 is 9.90 Å². The molecule has 2 aromatic carbocycles. The number of hydrogen-bond donors (Lipinski definition) is 2. The van der Waals surface area contributed by atoms with Crippen LogP contribution < -0.4 is 5.32 Å². The molecule has 2 aromatic rings. The molecule has 0 bridgehead atoms. The number of nitrogens with zero attached hydrogens (tertiary/aromatic N) is 1. The van der Waals surface area contributed by atoms with E-state index in [2.05, 4.69) is 60.6 Å². The van der Waals surface area contributed by atoms with Crippen LogP contribution in [0.15, 0.2) is 41.4 Å². The molecule has 0 unspecified atom stereocenters. The monoisotopic (exact) mass is 310 g/mol. The number of nitrogens with one attached hydrogen (secondary N) is 1. The number of carboxylic acid groups (broad SMARTS) is 1. The molecule has 4 nitrogen and oxygen atoms in total. The van der Waals surface area contributed by atoms with Gasteiger partial charge in [0.15, 0.2) is 0 Å². The Labute approximate surface area is 136 Å². The van der Waals surface area contributed by atoms with Crippen LogP contribution in [0.25, 0.3) is 10.8 Å². The molecule has 3 rings (SSSR count). The van der Waals surface area contributed by atoms with Crippen molar-refractivity contribution in [2.24, 2.45) is 4.99 Å². The lowest BCUT2D eigenvalue weighted by atomic mass is 9.84. The van der Waals surface area contributed by atoms with Gasteiger partial charge in [0, 0.05) is 24.1 Å². The molecular weight excluding hydrogens is 288 g/mol. The van der Waals surface area contributed by atoms with Gasteiger partial charge in [-0.05, 0) is 43.0 Å². The van der Waals surface area contributed by atoms with E-state index >= 15 is 0 Å². The number of hydrogen-bond acceptors (Lipinski definition) is 2. The van der Waals surface area contributed by atoms with Crippen LogP contribution in [0.1, 0.15) is 37.8 Å². The summed E-state index contributed by atoms with van der Waals surface area (Å²) in [7, 11) is 0. The van der Waals surface area contributed by atoms with Gasteiger partial charge in [0.05, 0.1) is 0 Å². The van der Waals surface area contributed by atoms with Gasteiger partial charge in [0.2, 0.25) is 0 Å². The van der Waals surface area contributed by atoms with Gasteiger partial charge >= 0.3 is 5.97 Å². The Morgan fingerprint density at radius 3 is 2.83 bits per heavy atom. The molecule has 1 aliphatic rings. The first-order chi connectivity index (χ1) is 11.0. The second-order valence-corrected chi connectivity index (χ2v) is 6.73. The first kappa shape index (κ1) is 15.5. The molecule has 0 radical (unpaired) electrons. The maximum absolute atomic E-state index is 10.6. The van der Waals surface area contributed by atoms with Gasteiger partial charge in [-0.3, -0.25) is 9.79 Å². The highest BCUT2D eigenvalue weighted by Crippen LogP contribution is 2.30. The number of carboxylic acids is 1. The Bertz CT molecular complexity index is 778. The molecule has 0 atom stereocenters. The summed E-state index contributed by atoms with van der Waals surface area (Å²) in [4.78, 5) is 15.3. The molecule has 0 spiro atoms.